The fourth-order valence-corrected chi connectivity index (χ4v) is 4.04. The Hall–Kier alpha value is -2.61. The minimum atomic E-state index is -0.535. The minimum absolute atomic E-state index is 0.00510. The number of likely N-dealkylation sites (N-methyl/N-ethyl adjacent to an activating group) is 1. The summed E-state index contributed by atoms with van der Waals surface area (Å²) in [5.41, 5.74) is 9.85. The van der Waals surface area contributed by atoms with Crippen LogP contribution < -0.4 is 5.73 Å². The third-order valence-electron chi connectivity index (χ3n) is 4.75. The molecule has 0 saturated heterocycles. The Labute approximate surface area is 168 Å². The zero-order valence-electron chi connectivity index (χ0n) is 16.7. The highest BCUT2D eigenvalue weighted by Gasteiger charge is 2.32. The SMILES string of the molecule is COC(=O)c1cc(-c2ccc3c(c2N)CC(N(C)C(=O)OC(C)(C)C)C3)sn1. The normalized spacial score (nSPS) is 15.8. The molecule has 3 rings (SSSR count). The van der Waals surface area contributed by atoms with Gasteiger partial charge in [-0.3, -0.25) is 0 Å². The topological polar surface area (TPSA) is 94.8 Å². The Morgan fingerprint density at radius 2 is 2.00 bits per heavy atom. The molecule has 28 heavy (non-hydrogen) atoms. The van der Waals surface area contributed by atoms with Crippen LogP contribution in [0.3, 0.4) is 0 Å². The van der Waals surface area contributed by atoms with Gasteiger partial charge in [-0.2, -0.15) is 4.37 Å². The first-order valence-corrected chi connectivity index (χ1v) is 9.79. The Balaban J connectivity index is 1.81. The highest BCUT2D eigenvalue weighted by molar-refractivity contribution is 7.09. The summed E-state index contributed by atoms with van der Waals surface area (Å²) >= 11 is 1.21. The molecule has 0 saturated carbocycles. The predicted molar refractivity (Wildman–Crippen MR) is 108 cm³/mol. The van der Waals surface area contributed by atoms with Crippen LogP contribution in [0.4, 0.5) is 10.5 Å². The summed E-state index contributed by atoms with van der Waals surface area (Å²) in [6, 6.07) is 5.66. The van der Waals surface area contributed by atoms with Crippen molar-refractivity contribution in [3.63, 3.8) is 0 Å². The fourth-order valence-electron chi connectivity index (χ4n) is 3.28. The van der Waals surface area contributed by atoms with Gasteiger partial charge in [0.1, 0.15) is 5.60 Å². The quantitative estimate of drug-likeness (QED) is 0.622. The molecule has 0 aliphatic heterocycles. The van der Waals surface area contributed by atoms with Crippen LogP contribution in [0.2, 0.25) is 0 Å². The number of ether oxygens (including phenoxy) is 2. The standard InChI is InChI=1S/C20H25N3O4S/c1-20(2,3)27-19(25)23(4)12-8-11-6-7-13(17(21)14(11)9-12)16-10-15(22-28-16)18(24)26-5/h6-7,10,12H,8-9,21H2,1-5H3. The first-order chi connectivity index (χ1) is 13.1. The number of esters is 1. The Kier molecular flexibility index (Phi) is 5.34. The van der Waals surface area contributed by atoms with E-state index in [9.17, 15) is 9.59 Å². The van der Waals surface area contributed by atoms with Crippen LogP contribution >= 0.6 is 11.5 Å². The van der Waals surface area contributed by atoms with Crippen LogP contribution in [0, 0.1) is 0 Å². The molecule has 1 unspecified atom stereocenters. The molecule has 7 nitrogen and oxygen atoms in total. The molecule has 2 N–H and O–H groups in total. The van der Waals surface area contributed by atoms with Crippen LogP contribution in [0.5, 0.6) is 0 Å². The highest BCUT2D eigenvalue weighted by atomic mass is 32.1. The number of fused-ring (bicyclic) bond motifs is 1. The lowest BCUT2D eigenvalue weighted by atomic mass is 10.0. The van der Waals surface area contributed by atoms with E-state index in [4.69, 9.17) is 15.2 Å². The number of nitrogens with zero attached hydrogens (tertiary/aromatic N) is 2. The van der Waals surface area contributed by atoms with Crippen molar-refractivity contribution in [1.29, 1.82) is 0 Å². The van der Waals surface area contributed by atoms with Crippen molar-refractivity contribution in [1.82, 2.24) is 9.27 Å². The van der Waals surface area contributed by atoms with E-state index in [-0.39, 0.29) is 17.8 Å². The first kappa shape index (κ1) is 20.1. The van der Waals surface area contributed by atoms with Crippen molar-refractivity contribution < 1.29 is 19.1 Å². The van der Waals surface area contributed by atoms with Gasteiger partial charge in [0.05, 0.1) is 12.0 Å². The second kappa shape index (κ2) is 7.43. The van der Waals surface area contributed by atoms with Gasteiger partial charge in [-0.25, -0.2) is 9.59 Å². The fraction of sp³-hybridized carbons (Fsp3) is 0.450. The predicted octanol–water partition coefficient (Wildman–Crippen LogP) is 3.51. The van der Waals surface area contributed by atoms with Crippen LogP contribution in [0.1, 0.15) is 42.4 Å². The summed E-state index contributed by atoms with van der Waals surface area (Å²) in [6.07, 6.45) is 1.05. The molecule has 2 aromatic rings. The molecule has 150 valence electrons. The second-order valence-corrected chi connectivity index (χ2v) is 8.69. The summed E-state index contributed by atoms with van der Waals surface area (Å²) in [6.45, 7) is 5.55. The highest BCUT2D eigenvalue weighted by Crippen LogP contribution is 2.38. The summed E-state index contributed by atoms with van der Waals surface area (Å²) in [4.78, 5) is 26.5. The zero-order chi connectivity index (χ0) is 20.6. The average molecular weight is 404 g/mol. The molecule has 0 fully saturated rings. The van der Waals surface area contributed by atoms with E-state index in [1.807, 2.05) is 32.9 Å². The van der Waals surface area contributed by atoms with Crippen LogP contribution in [0.15, 0.2) is 18.2 Å². The number of nitrogen functional groups attached to an aromatic ring is 1. The van der Waals surface area contributed by atoms with Gasteiger partial charge in [-0.15, -0.1) is 0 Å². The second-order valence-electron chi connectivity index (χ2n) is 7.89. The van der Waals surface area contributed by atoms with E-state index in [0.717, 1.165) is 28.0 Å². The molecule has 0 bridgehead atoms. The van der Waals surface area contributed by atoms with Crippen molar-refractivity contribution in [3.8, 4) is 10.4 Å². The Morgan fingerprint density at radius 3 is 2.64 bits per heavy atom. The molecule has 0 spiro atoms. The van der Waals surface area contributed by atoms with Crippen LogP contribution in [-0.4, -0.2) is 47.1 Å². The molecule has 1 heterocycles. The molecule has 1 aliphatic rings. The molecule has 1 aromatic carbocycles. The monoisotopic (exact) mass is 403 g/mol. The number of amides is 1. The van der Waals surface area contributed by atoms with Gasteiger partial charge < -0.3 is 20.1 Å². The maximum atomic E-state index is 12.4. The largest absolute Gasteiger partial charge is 0.464 e. The number of aromatic nitrogens is 1. The average Bonchev–Trinajstić information content (AvgIpc) is 3.26. The van der Waals surface area contributed by atoms with Crippen LogP contribution in [0.25, 0.3) is 10.4 Å². The van der Waals surface area contributed by atoms with E-state index in [0.29, 0.717) is 12.1 Å². The molecule has 1 aromatic heterocycles. The van der Waals surface area contributed by atoms with E-state index >= 15 is 0 Å². The molecule has 1 amide bonds. The summed E-state index contributed by atoms with van der Waals surface area (Å²) in [5.74, 6) is -0.471. The number of benzene rings is 1. The summed E-state index contributed by atoms with van der Waals surface area (Å²) in [5, 5.41) is 0. The lowest BCUT2D eigenvalue weighted by Crippen LogP contribution is -2.41. The molecule has 1 atom stereocenters. The van der Waals surface area contributed by atoms with Gasteiger partial charge in [0.2, 0.25) is 0 Å². The number of rotatable bonds is 3. The van der Waals surface area contributed by atoms with Gasteiger partial charge in [0, 0.05) is 24.3 Å². The zero-order valence-corrected chi connectivity index (χ0v) is 17.6. The van der Waals surface area contributed by atoms with Gasteiger partial charge in [-0.05, 0) is 62.3 Å². The number of hydrogen-bond donors (Lipinski definition) is 1. The molecular weight excluding hydrogens is 378 g/mol. The van der Waals surface area contributed by atoms with Crippen LogP contribution in [-0.2, 0) is 22.3 Å². The number of carbonyl (C=O) groups is 2. The van der Waals surface area contributed by atoms with Crippen molar-refractivity contribution in [3.05, 3.63) is 35.0 Å². The number of hydrogen-bond acceptors (Lipinski definition) is 7. The maximum Gasteiger partial charge on any atom is 0.410 e. The molecular formula is C20H25N3O4S. The lowest BCUT2D eigenvalue weighted by molar-refractivity contribution is 0.0229. The summed E-state index contributed by atoms with van der Waals surface area (Å²) in [7, 11) is 3.08. The van der Waals surface area contributed by atoms with Gasteiger partial charge in [-0.1, -0.05) is 12.1 Å². The Morgan fingerprint density at radius 1 is 1.29 bits per heavy atom. The molecule has 8 heteroatoms. The number of methoxy groups -OCH3 is 1. The Bertz CT molecular complexity index is 917. The first-order valence-electron chi connectivity index (χ1n) is 9.02. The van der Waals surface area contributed by atoms with Gasteiger partial charge in [0.15, 0.2) is 5.69 Å². The van der Waals surface area contributed by atoms with Crippen molar-refractivity contribution >= 4 is 29.3 Å². The van der Waals surface area contributed by atoms with Crippen molar-refractivity contribution in [2.24, 2.45) is 0 Å². The number of nitrogens with two attached hydrogens (primary N) is 1. The smallest absolute Gasteiger partial charge is 0.410 e. The van der Waals surface area contributed by atoms with Crippen molar-refractivity contribution in [2.45, 2.75) is 45.3 Å². The molecule has 1 aliphatic carbocycles. The van der Waals surface area contributed by atoms with E-state index in [1.165, 1.54) is 18.6 Å². The van der Waals surface area contributed by atoms with E-state index in [2.05, 4.69) is 4.37 Å². The number of anilines is 1. The molecule has 0 radical (unpaired) electrons. The third kappa shape index (κ3) is 3.96. The lowest BCUT2D eigenvalue weighted by Gasteiger charge is -2.28. The van der Waals surface area contributed by atoms with E-state index < -0.39 is 11.6 Å². The number of carbonyl (C=O) groups excluding carboxylic acids is 2. The minimum Gasteiger partial charge on any atom is -0.464 e. The van der Waals surface area contributed by atoms with Gasteiger partial charge in [0.25, 0.3) is 0 Å². The third-order valence-corrected chi connectivity index (χ3v) is 5.57. The maximum absolute atomic E-state index is 12.4. The van der Waals surface area contributed by atoms with E-state index in [1.54, 1.807) is 18.0 Å². The summed E-state index contributed by atoms with van der Waals surface area (Å²) < 4.78 is 14.3. The van der Waals surface area contributed by atoms with Gasteiger partial charge >= 0.3 is 12.1 Å². The van der Waals surface area contributed by atoms with Crippen molar-refractivity contribution in [2.75, 3.05) is 19.9 Å².